The van der Waals surface area contributed by atoms with Gasteiger partial charge in [-0.1, -0.05) is 29.8 Å². The second-order valence-electron chi connectivity index (χ2n) is 7.61. The van der Waals surface area contributed by atoms with Crippen molar-refractivity contribution in [3.05, 3.63) is 64.4 Å². The fourth-order valence-electron chi connectivity index (χ4n) is 3.14. The summed E-state index contributed by atoms with van der Waals surface area (Å²) in [5, 5.41) is 7.48. The van der Waals surface area contributed by atoms with Gasteiger partial charge in [0.25, 0.3) is 12.3 Å². The molecular weight excluding hydrogens is 538 g/mol. The molecule has 0 radical (unpaired) electrons. The van der Waals surface area contributed by atoms with E-state index in [1.54, 1.807) is 0 Å². The van der Waals surface area contributed by atoms with Gasteiger partial charge in [0.15, 0.2) is 5.76 Å². The largest absolute Gasteiger partial charge is 0.485 e. The standard InChI is InChI=1S/C23H22Cl2F3N5O4/c1-11(18-8-20(35-4)32-37-18)31-33(3)23(34)30-12(2)21-17(26)5-13(9-29-21)15-6-14(24)7-16(25)22(15)36-10-19(27)28/h5-9,12,19,31H,1,10H2,2-4H3,(H,30,34)/t12-/m1/s1. The van der Waals surface area contributed by atoms with Crippen LogP contribution in [0.3, 0.4) is 0 Å². The van der Waals surface area contributed by atoms with Crippen LogP contribution >= 0.6 is 23.2 Å². The van der Waals surface area contributed by atoms with Gasteiger partial charge in [-0.05, 0) is 30.3 Å². The molecule has 198 valence electrons. The van der Waals surface area contributed by atoms with Crippen LogP contribution in [0.15, 0.2) is 41.6 Å². The number of nitrogens with one attached hydrogen (secondary N) is 2. The van der Waals surface area contributed by atoms with Gasteiger partial charge in [-0.3, -0.25) is 10.4 Å². The van der Waals surface area contributed by atoms with Crippen LogP contribution < -0.4 is 20.2 Å². The zero-order valence-corrected chi connectivity index (χ0v) is 21.3. The molecular formula is C23H22Cl2F3N5O4. The maximum atomic E-state index is 15.0. The molecule has 2 amide bonds. The van der Waals surface area contributed by atoms with E-state index in [0.29, 0.717) is 0 Å². The Morgan fingerprint density at radius 1 is 1.27 bits per heavy atom. The first-order chi connectivity index (χ1) is 17.5. The molecule has 1 aromatic carbocycles. The molecule has 9 nitrogen and oxygen atoms in total. The molecule has 1 atom stereocenters. The number of pyridine rings is 1. The van der Waals surface area contributed by atoms with Gasteiger partial charge in [0.05, 0.1) is 35.6 Å². The second-order valence-corrected chi connectivity index (χ2v) is 8.46. The second kappa shape index (κ2) is 12.1. The van der Waals surface area contributed by atoms with Crippen molar-refractivity contribution in [2.45, 2.75) is 19.4 Å². The number of hydrogen-bond acceptors (Lipinski definition) is 7. The van der Waals surface area contributed by atoms with Crippen molar-refractivity contribution in [1.29, 1.82) is 0 Å². The first-order valence-corrected chi connectivity index (χ1v) is 11.3. The Bertz CT molecular complexity index is 1290. The first-order valence-electron chi connectivity index (χ1n) is 10.6. The Kier molecular flexibility index (Phi) is 9.11. The lowest BCUT2D eigenvalue weighted by atomic mass is 10.0. The fourth-order valence-corrected chi connectivity index (χ4v) is 3.69. The molecule has 3 rings (SSSR count). The van der Waals surface area contributed by atoms with Crippen LogP contribution in [0.4, 0.5) is 18.0 Å². The quantitative estimate of drug-likeness (QED) is 0.306. The zero-order chi connectivity index (χ0) is 27.3. The Labute approximate surface area is 220 Å². The van der Waals surface area contributed by atoms with E-state index in [2.05, 4.69) is 27.5 Å². The molecule has 2 N–H and O–H groups in total. The van der Waals surface area contributed by atoms with Crippen molar-refractivity contribution >= 4 is 34.9 Å². The molecule has 0 aliphatic heterocycles. The summed E-state index contributed by atoms with van der Waals surface area (Å²) < 4.78 is 55.5. The zero-order valence-electron chi connectivity index (χ0n) is 19.8. The lowest BCUT2D eigenvalue weighted by molar-refractivity contribution is 0.0822. The van der Waals surface area contributed by atoms with Gasteiger partial charge in [-0.15, -0.1) is 0 Å². The SMILES string of the molecule is C=C(NN(C)C(=O)N[C@H](C)c1ncc(-c2cc(Cl)cc(Cl)c2OCC(F)F)cc1F)c1cc(OC)no1. The Hall–Kier alpha value is -3.64. The van der Waals surface area contributed by atoms with Crippen molar-refractivity contribution in [2.24, 2.45) is 0 Å². The number of amides is 2. The van der Waals surface area contributed by atoms with Crippen LogP contribution in [-0.2, 0) is 0 Å². The molecule has 0 fully saturated rings. The Morgan fingerprint density at radius 2 is 2.00 bits per heavy atom. The summed E-state index contributed by atoms with van der Waals surface area (Å²) in [7, 11) is 2.83. The van der Waals surface area contributed by atoms with Gasteiger partial charge in [-0.2, -0.15) is 0 Å². The minimum absolute atomic E-state index is 0.0193. The molecule has 0 saturated heterocycles. The molecule has 2 heterocycles. The third-order valence-corrected chi connectivity index (χ3v) is 5.39. The number of rotatable bonds is 10. The van der Waals surface area contributed by atoms with Gasteiger partial charge >= 0.3 is 6.03 Å². The van der Waals surface area contributed by atoms with E-state index in [-0.39, 0.29) is 50.0 Å². The van der Waals surface area contributed by atoms with E-state index in [9.17, 15) is 13.6 Å². The number of hydrazine groups is 1. The number of alkyl halides is 2. The third-order valence-electron chi connectivity index (χ3n) is 4.90. The summed E-state index contributed by atoms with van der Waals surface area (Å²) in [5.74, 6) is -0.378. The third kappa shape index (κ3) is 6.98. The molecule has 0 bridgehead atoms. The predicted molar refractivity (Wildman–Crippen MR) is 131 cm³/mol. The number of carbonyl (C=O) groups excluding carboxylic acids is 1. The van der Waals surface area contributed by atoms with Gasteiger partial charge in [0.1, 0.15) is 18.2 Å². The van der Waals surface area contributed by atoms with E-state index in [0.717, 1.165) is 11.1 Å². The number of urea groups is 1. The topological polar surface area (TPSA) is 102 Å². The highest BCUT2D eigenvalue weighted by Gasteiger charge is 2.21. The van der Waals surface area contributed by atoms with Gasteiger partial charge in [0, 0.05) is 29.4 Å². The summed E-state index contributed by atoms with van der Waals surface area (Å²) in [5.41, 5.74) is 3.21. The maximum Gasteiger partial charge on any atom is 0.336 e. The van der Waals surface area contributed by atoms with E-state index in [4.69, 9.17) is 37.2 Å². The molecule has 0 aliphatic carbocycles. The summed E-state index contributed by atoms with van der Waals surface area (Å²) >= 11 is 12.2. The molecule has 37 heavy (non-hydrogen) atoms. The highest BCUT2D eigenvalue weighted by Crippen LogP contribution is 2.39. The van der Waals surface area contributed by atoms with Crippen molar-refractivity contribution in [1.82, 2.24) is 25.9 Å². The van der Waals surface area contributed by atoms with E-state index in [1.165, 1.54) is 45.5 Å². The number of hydrogen-bond donors (Lipinski definition) is 2. The van der Waals surface area contributed by atoms with Crippen molar-refractivity contribution in [3.63, 3.8) is 0 Å². The molecule has 14 heteroatoms. The smallest absolute Gasteiger partial charge is 0.336 e. The summed E-state index contributed by atoms with van der Waals surface area (Å²) in [6, 6.07) is 3.82. The van der Waals surface area contributed by atoms with E-state index in [1.807, 2.05) is 0 Å². The summed E-state index contributed by atoms with van der Waals surface area (Å²) in [6.07, 6.45) is -1.45. The highest BCUT2D eigenvalue weighted by atomic mass is 35.5. The van der Waals surface area contributed by atoms with Crippen LogP contribution in [0.2, 0.25) is 10.0 Å². The normalized spacial score (nSPS) is 11.7. The van der Waals surface area contributed by atoms with Crippen molar-refractivity contribution in [3.8, 4) is 22.8 Å². The lowest BCUT2D eigenvalue weighted by Gasteiger charge is -2.23. The van der Waals surface area contributed by atoms with Crippen LogP contribution in [0.25, 0.3) is 16.8 Å². The highest BCUT2D eigenvalue weighted by molar-refractivity contribution is 6.36. The van der Waals surface area contributed by atoms with Gasteiger partial charge in [-0.25, -0.2) is 23.0 Å². The number of nitrogens with zero attached hydrogens (tertiary/aromatic N) is 3. The maximum absolute atomic E-state index is 15.0. The van der Waals surface area contributed by atoms with Crippen molar-refractivity contribution < 1.29 is 32.0 Å². The predicted octanol–water partition coefficient (Wildman–Crippen LogP) is 5.71. The number of methoxy groups -OCH3 is 1. The van der Waals surface area contributed by atoms with E-state index < -0.39 is 30.9 Å². The molecule has 0 saturated carbocycles. The van der Waals surface area contributed by atoms with Crippen LogP contribution in [0.5, 0.6) is 11.6 Å². The minimum Gasteiger partial charge on any atom is -0.485 e. The summed E-state index contributed by atoms with van der Waals surface area (Å²) in [4.78, 5) is 16.7. The minimum atomic E-state index is -2.75. The van der Waals surface area contributed by atoms with Gasteiger partial charge in [0.2, 0.25) is 0 Å². The number of aromatic nitrogens is 2. The fraction of sp³-hybridized carbons (Fsp3) is 0.261. The van der Waals surface area contributed by atoms with E-state index >= 15 is 4.39 Å². The summed E-state index contributed by atoms with van der Waals surface area (Å²) in [6.45, 7) is 4.38. The van der Waals surface area contributed by atoms with Crippen LogP contribution in [0, 0.1) is 5.82 Å². The van der Waals surface area contributed by atoms with Crippen LogP contribution in [-0.4, -0.2) is 48.4 Å². The average Bonchev–Trinajstić information content (AvgIpc) is 3.32. The van der Waals surface area contributed by atoms with Gasteiger partial charge < -0.3 is 19.3 Å². The number of carbonyl (C=O) groups is 1. The first kappa shape index (κ1) is 27.9. The lowest BCUT2D eigenvalue weighted by Crippen LogP contribution is -2.45. The van der Waals surface area contributed by atoms with Crippen LogP contribution in [0.1, 0.15) is 24.4 Å². The number of benzene rings is 1. The molecule has 3 aromatic rings. The average molecular weight is 560 g/mol. The van der Waals surface area contributed by atoms with Crippen molar-refractivity contribution in [2.75, 3.05) is 20.8 Å². The molecule has 0 unspecified atom stereocenters. The molecule has 2 aromatic heterocycles. The number of halogens is 5. The Morgan fingerprint density at radius 3 is 2.62 bits per heavy atom. The molecule has 0 spiro atoms. The monoisotopic (exact) mass is 559 g/mol. The number of ether oxygens (including phenoxy) is 2. The Balaban J connectivity index is 1.73. The molecule has 0 aliphatic rings.